The number of nitrogens with zero attached hydrogens (tertiary/aromatic N) is 1. The molecule has 0 saturated heterocycles. The van der Waals surface area contributed by atoms with Crippen molar-refractivity contribution in [3.63, 3.8) is 0 Å². The van der Waals surface area contributed by atoms with Crippen LogP contribution in [0.5, 0.6) is 23.0 Å². The van der Waals surface area contributed by atoms with Crippen molar-refractivity contribution in [3.8, 4) is 23.0 Å². The Morgan fingerprint density at radius 2 is 1.54 bits per heavy atom. The summed E-state index contributed by atoms with van der Waals surface area (Å²) in [6.45, 7) is 0.178. The van der Waals surface area contributed by atoms with Crippen molar-refractivity contribution in [2.45, 2.75) is 6.04 Å². The first-order valence-electron chi connectivity index (χ1n) is 10.9. The summed E-state index contributed by atoms with van der Waals surface area (Å²) in [5.74, 6) is 1.93. The number of methoxy groups -OCH3 is 2. The van der Waals surface area contributed by atoms with Crippen molar-refractivity contribution in [2.75, 3.05) is 33.4 Å². The summed E-state index contributed by atoms with van der Waals surface area (Å²) >= 11 is 0. The molecule has 1 heterocycles. The third-order valence-corrected chi connectivity index (χ3v) is 5.59. The third kappa shape index (κ3) is 5.55. The molecule has 0 spiro atoms. The molecule has 0 aromatic heterocycles. The fourth-order valence-electron chi connectivity index (χ4n) is 3.65. The molecule has 1 atom stereocenters. The standard InChI is InChI=1S/C27H26N2O6/c1-29(25(30)15-5-18-4-14-23-24(16-18)35-17-34-23)26(19-6-10-21(32-2)11-7-19)27(31)28-20-8-12-22(33-3)13-9-20/h4-16,26H,17H2,1-3H3,(H,28,31)/b15-5+/t26-/m0/s1. The molecule has 0 saturated carbocycles. The van der Waals surface area contributed by atoms with Gasteiger partial charge in [0, 0.05) is 18.8 Å². The molecule has 180 valence electrons. The molecule has 0 fully saturated rings. The van der Waals surface area contributed by atoms with Crippen LogP contribution in [-0.2, 0) is 9.59 Å². The molecular weight excluding hydrogens is 448 g/mol. The van der Waals surface area contributed by atoms with Gasteiger partial charge in [-0.1, -0.05) is 18.2 Å². The van der Waals surface area contributed by atoms with E-state index in [1.54, 1.807) is 88.0 Å². The summed E-state index contributed by atoms with van der Waals surface area (Å²) in [6.07, 6.45) is 3.10. The Kier molecular flexibility index (Phi) is 7.21. The molecule has 3 aromatic carbocycles. The van der Waals surface area contributed by atoms with Crippen LogP contribution < -0.4 is 24.3 Å². The molecule has 8 heteroatoms. The lowest BCUT2D eigenvalue weighted by atomic mass is 10.0. The van der Waals surface area contributed by atoms with Crippen molar-refractivity contribution < 1.29 is 28.5 Å². The van der Waals surface area contributed by atoms with Crippen LogP contribution in [0.15, 0.2) is 72.8 Å². The van der Waals surface area contributed by atoms with E-state index in [-0.39, 0.29) is 18.6 Å². The highest BCUT2D eigenvalue weighted by atomic mass is 16.7. The quantitative estimate of drug-likeness (QED) is 0.491. The number of hydrogen-bond acceptors (Lipinski definition) is 6. The van der Waals surface area contributed by atoms with Gasteiger partial charge in [-0.25, -0.2) is 0 Å². The topological polar surface area (TPSA) is 86.3 Å². The van der Waals surface area contributed by atoms with Crippen molar-refractivity contribution in [1.29, 1.82) is 0 Å². The number of likely N-dealkylation sites (N-methyl/N-ethyl adjacent to an activating group) is 1. The van der Waals surface area contributed by atoms with Gasteiger partial charge in [-0.3, -0.25) is 9.59 Å². The molecule has 1 aliphatic heterocycles. The Morgan fingerprint density at radius 1 is 0.914 bits per heavy atom. The van der Waals surface area contributed by atoms with E-state index < -0.39 is 6.04 Å². The first-order chi connectivity index (χ1) is 17.0. The van der Waals surface area contributed by atoms with Gasteiger partial charge in [-0.2, -0.15) is 0 Å². The summed E-state index contributed by atoms with van der Waals surface area (Å²) in [5.41, 5.74) is 2.01. The van der Waals surface area contributed by atoms with E-state index in [0.717, 1.165) is 5.56 Å². The van der Waals surface area contributed by atoms with Gasteiger partial charge in [0.25, 0.3) is 5.91 Å². The lowest BCUT2D eigenvalue weighted by Crippen LogP contribution is -2.37. The number of anilines is 1. The molecule has 0 bridgehead atoms. The summed E-state index contributed by atoms with van der Waals surface area (Å²) in [7, 11) is 4.74. The number of fused-ring (bicyclic) bond motifs is 1. The highest BCUT2D eigenvalue weighted by molar-refractivity contribution is 6.00. The van der Waals surface area contributed by atoms with E-state index in [1.807, 2.05) is 6.07 Å². The van der Waals surface area contributed by atoms with E-state index in [4.69, 9.17) is 18.9 Å². The van der Waals surface area contributed by atoms with Gasteiger partial charge in [0.1, 0.15) is 17.5 Å². The van der Waals surface area contributed by atoms with Crippen LogP contribution in [0.25, 0.3) is 6.08 Å². The Balaban J connectivity index is 1.55. The number of carbonyl (C=O) groups is 2. The highest BCUT2D eigenvalue weighted by Gasteiger charge is 2.28. The summed E-state index contributed by atoms with van der Waals surface area (Å²) in [5, 5.41) is 2.88. The zero-order chi connectivity index (χ0) is 24.8. The second kappa shape index (κ2) is 10.6. The van der Waals surface area contributed by atoms with Crippen LogP contribution in [0.2, 0.25) is 0 Å². The number of rotatable bonds is 8. The minimum Gasteiger partial charge on any atom is -0.497 e. The fraction of sp³-hybridized carbons (Fsp3) is 0.185. The minimum atomic E-state index is -0.878. The van der Waals surface area contributed by atoms with E-state index in [1.165, 1.54) is 11.0 Å². The first-order valence-corrected chi connectivity index (χ1v) is 10.9. The number of benzene rings is 3. The van der Waals surface area contributed by atoms with Crippen LogP contribution in [0.4, 0.5) is 5.69 Å². The monoisotopic (exact) mass is 474 g/mol. The predicted molar refractivity (Wildman–Crippen MR) is 132 cm³/mol. The Morgan fingerprint density at radius 3 is 2.20 bits per heavy atom. The molecule has 4 rings (SSSR count). The number of amides is 2. The van der Waals surface area contributed by atoms with E-state index in [0.29, 0.717) is 34.2 Å². The van der Waals surface area contributed by atoms with Crippen LogP contribution in [-0.4, -0.2) is 44.8 Å². The van der Waals surface area contributed by atoms with Crippen LogP contribution in [0, 0.1) is 0 Å². The van der Waals surface area contributed by atoms with Gasteiger partial charge in [-0.05, 0) is 65.7 Å². The average molecular weight is 475 g/mol. The zero-order valence-electron chi connectivity index (χ0n) is 19.7. The maximum Gasteiger partial charge on any atom is 0.251 e. The van der Waals surface area contributed by atoms with Crippen LogP contribution >= 0.6 is 0 Å². The van der Waals surface area contributed by atoms with Crippen molar-refractivity contribution >= 4 is 23.6 Å². The fourth-order valence-corrected chi connectivity index (χ4v) is 3.65. The van der Waals surface area contributed by atoms with E-state index in [9.17, 15) is 9.59 Å². The lowest BCUT2D eigenvalue weighted by molar-refractivity contribution is -0.133. The Bertz CT molecular complexity index is 1220. The smallest absolute Gasteiger partial charge is 0.251 e. The van der Waals surface area contributed by atoms with Gasteiger partial charge in [0.15, 0.2) is 11.5 Å². The normalized spacial score (nSPS) is 12.8. The largest absolute Gasteiger partial charge is 0.497 e. The number of ether oxygens (including phenoxy) is 4. The third-order valence-electron chi connectivity index (χ3n) is 5.59. The minimum absolute atomic E-state index is 0.178. The number of nitrogens with one attached hydrogen (secondary N) is 1. The zero-order valence-corrected chi connectivity index (χ0v) is 19.7. The molecule has 1 aliphatic rings. The molecular formula is C27H26N2O6. The average Bonchev–Trinajstić information content (AvgIpc) is 3.36. The molecule has 0 aliphatic carbocycles. The number of hydrogen-bond donors (Lipinski definition) is 1. The Labute approximate surface area is 203 Å². The van der Waals surface area contributed by atoms with Gasteiger partial charge < -0.3 is 29.2 Å². The lowest BCUT2D eigenvalue weighted by Gasteiger charge is -2.27. The molecule has 1 N–H and O–H groups in total. The maximum atomic E-state index is 13.3. The van der Waals surface area contributed by atoms with Gasteiger partial charge in [0.05, 0.1) is 14.2 Å². The van der Waals surface area contributed by atoms with Gasteiger partial charge >= 0.3 is 0 Å². The van der Waals surface area contributed by atoms with Gasteiger partial charge in [-0.15, -0.1) is 0 Å². The van der Waals surface area contributed by atoms with Crippen LogP contribution in [0.1, 0.15) is 17.2 Å². The molecule has 0 unspecified atom stereocenters. The Hall–Kier alpha value is -4.46. The second-order valence-corrected chi connectivity index (χ2v) is 7.79. The highest BCUT2D eigenvalue weighted by Crippen LogP contribution is 2.33. The van der Waals surface area contributed by atoms with Crippen molar-refractivity contribution in [1.82, 2.24) is 4.90 Å². The predicted octanol–water partition coefficient (Wildman–Crippen LogP) is 4.28. The van der Waals surface area contributed by atoms with Crippen molar-refractivity contribution in [3.05, 3.63) is 83.9 Å². The molecule has 3 aromatic rings. The number of carbonyl (C=O) groups excluding carboxylic acids is 2. The summed E-state index contributed by atoms with van der Waals surface area (Å²) in [4.78, 5) is 27.8. The van der Waals surface area contributed by atoms with E-state index >= 15 is 0 Å². The van der Waals surface area contributed by atoms with Crippen molar-refractivity contribution in [2.24, 2.45) is 0 Å². The van der Waals surface area contributed by atoms with E-state index in [2.05, 4.69) is 5.32 Å². The molecule has 35 heavy (non-hydrogen) atoms. The molecule has 0 radical (unpaired) electrons. The first kappa shape index (κ1) is 23.7. The SMILES string of the molecule is COc1ccc(NC(=O)[C@H](c2ccc(OC)cc2)N(C)C(=O)/C=C/c2ccc3c(c2)OCO3)cc1. The maximum absolute atomic E-state index is 13.3. The van der Waals surface area contributed by atoms with Gasteiger partial charge in [0.2, 0.25) is 12.7 Å². The van der Waals surface area contributed by atoms with Crippen LogP contribution in [0.3, 0.4) is 0 Å². The summed E-state index contributed by atoms with van der Waals surface area (Å²) < 4.78 is 21.1. The summed E-state index contributed by atoms with van der Waals surface area (Å²) in [6, 6.07) is 18.6. The molecule has 8 nitrogen and oxygen atoms in total. The molecule has 2 amide bonds. The second-order valence-electron chi connectivity index (χ2n) is 7.79.